The van der Waals surface area contributed by atoms with E-state index in [2.05, 4.69) is 5.32 Å². The van der Waals surface area contributed by atoms with Crippen LogP contribution in [-0.2, 0) is 14.4 Å². The van der Waals surface area contributed by atoms with Gasteiger partial charge in [0.05, 0.1) is 11.8 Å². The highest BCUT2D eigenvalue weighted by molar-refractivity contribution is 5.86. The standard InChI is InChI=1S/C15H24N2O4/c18-13-5-2-1-3-9-17(13)10-4-8-16-14(19)11-6-7-12(11)15(20)21/h11-12H,1-10H2,(H,16,19)(H,20,21). The van der Waals surface area contributed by atoms with Gasteiger partial charge in [-0.25, -0.2) is 0 Å². The SMILES string of the molecule is O=C(O)C1CCC1C(=O)NCCCN1CCCCCC1=O. The molecule has 1 saturated heterocycles. The molecule has 1 aliphatic carbocycles. The molecule has 21 heavy (non-hydrogen) atoms. The van der Waals surface area contributed by atoms with Crippen molar-refractivity contribution in [2.45, 2.75) is 44.9 Å². The van der Waals surface area contributed by atoms with Crippen LogP contribution in [0.15, 0.2) is 0 Å². The molecule has 2 atom stereocenters. The molecular weight excluding hydrogens is 272 g/mol. The molecule has 118 valence electrons. The molecule has 6 nitrogen and oxygen atoms in total. The number of carboxylic acid groups (broad SMARTS) is 1. The number of carbonyl (C=O) groups excluding carboxylic acids is 2. The van der Waals surface area contributed by atoms with Crippen LogP contribution in [0, 0.1) is 11.8 Å². The molecular formula is C15H24N2O4. The maximum absolute atomic E-state index is 11.9. The molecule has 2 rings (SSSR count). The summed E-state index contributed by atoms with van der Waals surface area (Å²) in [6.07, 6.45) is 5.75. The first-order chi connectivity index (χ1) is 10.1. The zero-order valence-electron chi connectivity index (χ0n) is 12.3. The quantitative estimate of drug-likeness (QED) is 0.716. The summed E-state index contributed by atoms with van der Waals surface area (Å²) in [6, 6.07) is 0. The third-order valence-corrected chi connectivity index (χ3v) is 4.50. The summed E-state index contributed by atoms with van der Waals surface area (Å²) in [5.41, 5.74) is 0. The summed E-state index contributed by atoms with van der Waals surface area (Å²) in [4.78, 5) is 36.4. The molecule has 2 unspecified atom stereocenters. The summed E-state index contributed by atoms with van der Waals surface area (Å²) in [7, 11) is 0. The van der Waals surface area contributed by atoms with Gasteiger partial charge in [-0.3, -0.25) is 14.4 Å². The Labute approximate surface area is 124 Å². The van der Waals surface area contributed by atoms with Crippen LogP contribution in [0.3, 0.4) is 0 Å². The topological polar surface area (TPSA) is 86.7 Å². The molecule has 0 aromatic heterocycles. The lowest BCUT2D eigenvalue weighted by Crippen LogP contribution is -2.44. The number of hydrogen-bond acceptors (Lipinski definition) is 3. The van der Waals surface area contributed by atoms with Gasteiger partial charge in [0, 0.05) is 26.1 Å². The van der Waals surface area contributed by atoms with Gasteiger partial charge in [0.25, 0.3) is 0 Å². The largest absolute Gasteiger partial charge is 0.481 e. The monoisotopic (exact) mass is 296 g/mol. The summed E-state index contributed by atoms with van der Waals surface area (Å²) in [6.45, 7) is 1.99. The fraction of sp³-hybridized carbons (Fsp3) is 0.800. The van der Waals surface area contributed by atoms with Crippen molar-refractivity contribution < 1.29 is 19.5 Å². The number of carboxylic acids is 1. The molecule has 0 aromatic rings. The van der Waals surface area contributed by atoms with E-state index in [0.29, 0.717) is 32.4 Å². The van der Waals surface area contributed by atoms with E-state index in [1.165, 1.54) is 0 Å². The number of nitrogens with one attached hydrogen (secondary N) is 1. The van der Waals surface area contributed by atoms with Crippen molar-refractivity contribution in [2.24, 2.45) is 11.8 Å². The van der Waals surface area contributed by atoms with Crippen LogP contribution < -0.4 is 5.32 Å². The molecule has 2 aliphatic rings. The molecule has 2 fully saturated rings. The number of aliphatic carboxylic acids is 1. The van der Waals surface area contributed by atoms with E-state index >= 15 is 0 Å². The van der Waals surface area contributed by atoms with Gasteiger partial charge < -0.3 is 15.3 Å². The molecule has 0 spiro atoms. The van der Waals surface area contributed by atoms with E-state index in [-0.39, 0.29) is 17.7 Å². The molecule has 6 heteroatoms. The Morgan fingerprint density at radius 2 is 1.95 bits per heavy atom. The van der Waals surface area contributed by atoms with Crippen LogP contribution >= 0.6 is 0 Å². The van der Waals surface area contributed by atoms with Gasteiger partial charge in [-0.05, 0) is 32.1 Å². The first-order valence-electron chi connectivity index (χ1n) is 7.88. The highest BCUT2D eigenvalue weighted by atomic mass is 16.4. The average molecular weight is 296 g/mol. The number of rotatable bonds is 6. The van der Waals surface area contributed by atoms with E-state index in [9.17, 15) is 14.4 Å². The summed E-state index contributed by atoms with van der Waals surface area (Å²) >= 11 is 0. The fourth-order valence-corrected chi connectivity index (χ4v) is 3.00. The van der Waals surface area contributed by atoms with Crippen molar-refractivity contribution in [3.8, 4) is 0 Å². The molecule has 0 radical (unpaired) electrons. The average Bonchev–Trinajstić information content (AvgIpc) is 2.57. The second-order valence-corrected chi connectivity index (χ2v) is 5.96. The predicted molar refractivity (Wildman–Crippen MR) is 76.5 cm³/mol. The number of hydrogen-bond donors (Lipinski definition) is 2. The van der Waals surface area contributed by atoms with Gasteiger partial charge >= 0.3 is 5.97 Å². The Bertz CT molecular complexity index is 410. The lowest BCUT2D eigenvalue weighted by Gasteiger charge is -2.32. The predicted octanol–water partition coefficient (Wildman–Crippen LogP) is 1.01. The first kappa shape index (κ1) is 15.8. The maximum atomic E-state index is 11.9. The van der Waals surface area contributed by atoms with Crippen molar-refractivity contribution in [1.29, 1.82) is 0 Å². The van der Waals surface area contributed by atoms with Crippen molar-refractivity contribution in [3.63, 3.8) is 0 Å². The Morgan fingerprint density at radius 1 is 1.19 bits per heavy atom. The second kappa shape index (κ2) is 7.43. The summed E-state index contributed by atoms with van der Waals surface area (Å²) in [5.74, 6) is -1.71. The number of carbonyl (C=O) groups is 3. The van der Waals surface area contributed by atoms with Gasteiger partial charge in [0.15, 0.2) is 0 Å². The van der Waals surface area contributed by atoms with E-state index in [0.717, 1.165) is 32.2 Å². The van der Waals surface area contributed by atoms with Crippen molar-refractivity contribution in [2.75, 3.05) is 19.6 Å². The van der Waals surface area contributed by atoms with Crippen molar-refractivity contribution >= 4 is 17.8 Å². The van der Waals surface area contributed by atoms with Crippen LogP contribution in [0.2, 0.25) is 0 Å². The smallest absolute Gasteiger partial charge is 0.307 e. The number of amides is 2. The normalized spacial score (nSPS) is 25.9. The molecule has 2 N–H and O–H groups in total. The summed E-state index contributed by atoms with van der Waals surface area (Å²) in [5, 5.41) is 11.7. The van der Waals surface area contributed by atoms with Gasteiger partial charge in [0.2, 0.25) is 11.8 Å². The van der Waals surface area contributed by atoms with Gasteiger partial charge in [-0.15, -0.1) is 0 Å². The minimum atomic E-state index is -0.878. The van der Waals surface area contributed by atoms with Crippen LogP contribution in [-0.4, -0.2) is 47.4 Å². The minimum absolute atomic E-state index is 0.157. The lowest BCUT2D eigenvalue weighted by atomic mass is 9.73. The van der Waals surface area contributed by atoms with Crippen LogP contribution in [0.4, 0.5) is 0 Å². The molecule has 0 bridgehead atoms. The number of likely N-dealkylation sites (tertiary alicyclic amines) is 1. The zero-order valence-corrected chi connectivity index (χ0v) is 12.3. The van der Waals surface area contributed by atoms with E-state index in [1.54, 1.807) is 0 Å². The van der Waals surface area contributed by atoms with E-state index < -0.39 is 11.9 Å². The molecule has 0 aromatic carbocycles. The van der Waals surface area contributed by atoms with Crippen LogP contribution in [0.5, 0.6) is 0 Å². The third kappa shape index (κ3) is 4.19. The van der Waals surface area contributed by atoms with Gasteiger partial charge in [-0.1, -0.05) is 6.42 Å². The lowest BCUT2D eigenvalue weighted by molar-refractivity contribution is -0.152. The van der Waals surface area contributed by atoms with Crippen molar-refractivity contribution in [3.05, 3.63) is 0 Å². The highest BCUT2D eigenvalue weighted by Gasteiger charge is 2.41. The van der Waals surface area contributed by atoms with Crippen molar-refractivity contribution in [1.82, 2.24) is 10.2 Å². The highest BCUT2D eigenvalue weighted by Crippen LogP contribution is 2.34. The van der Waals surface area contributed by atoms with E-state index in [4.69, 9.17) is 5.11 Å². The molecule has 2 amide bonds. The molecule has 1 heterocycles. The van der Waals surface area contributed by atoms with E-state index in [1.807, 2.05) is 4.90 Å². The Balaban J connectivity index is 1.64. The maximum Gasteiger partial charge on any atom is 0.307 e. The van der Waals surface area contributed by atoms with Gasteiger partial charge in [-0.2, -0.15) is 0 Å². The second-order valence-electron chi connectivity index (χ2n) is 5.96. The Hall–Kier alpha value is -1.59. The Morgan fingerprint density at radius 3 is 2.62 bits per heavy atom. The molecule has 1 aliphatic heterocycles. The minimum Gasteiger partial charge on any atom is -0.481 e. The molecule has 1 saturated carbocycles. The fourth-order valence-electron chi connectivity index (χ4n) is 3.00. The zero-order chi connectivity index (χ0) is 15.2. The first-order valence-corrected chi connectivity index (χ1v) is 7.88. The Kier molecular flexibility index (Phi) is 5.59. The summed E-state index contributed by atoms with van der Waals surface area (Å²) < 4.78 is 0. The van der Waals surface area contributed by atoms with Crippen LogP contribution in [0.25, 0.3) is 0 Å². The van der Waals surface area contributed by atoms with Crippen LogP contribution in [0.1, 0.15) is 44.9 Å². The number of nitrogens with zero attached hydrogens (tertiary/aromatic N) is 1. The third-order valence-electron chi connectivity index (χ3n) is 4.50. The van der Waals surface area contributed by atoms with Gasteiger partial charge in [0.1, 0.15) is 0 Å².